The van der Waals surface area contributed by atoms with Crippen LogP contribution in [0.15, 0.2) is 24.3 Å². The molecule has 0 aliphatic rings. The molecule has 0 saturated heterocycles. The first-order valence-corrected chi connectivity index (χ1v) is 23.0. The van der Waals surface area contributed by atoms with Gasteiger partial charge in [-0.25, -0.2) is 4.57 Å². The van der Waals surface area contributed by atoms with Crippen LogP contribution in [0, 0.1) is 0 Å². The zero-order valence-corrected chi connectivity index (χ0v) is 35.3. The summed E-state index contributed by atoms with van der Waals surface area (Å²) in [5, 5.41) is 18.8. The monoisotopic (exact) mass is 804 g/mol. The summed E-state index contributed by atoms with van der Waals surface area (Å²) >= 11 is 0. The number of hydrogen-bond acceptors (Lipinski definition) is 10. The van der Waals surface area contributed by atoms with Crippen molar-refractivity contribution in [1.82, 2.24) is 0 Å². The van der Waals surface area contributed by atoms with Gasteiger partial charge in [0.25, 0.3) is 0 Å². The van der Waals surface area contributed by atoms with Crippen LogP contribution in [0.4, 0.5) is 0 Å². The van der Waals surface area contributed by atoms with E-state index in [1.807, 2.05) is 18.2 Å². The summed E-state index contributed by atoms with van der Waals surface area (Å²) in [6, 6.07) is -1.53. The largest absolute Gasteiger partial charge is 0.480 e. The van der Waals surface area contributed by atoms with Crippen molar-refractivity contribution in [2.75, 3.05) is 19.8 Å². The van der Waals surface area contributed by atoms with Crippen LogP contribution in [0.3, 0.4) is 0 Å². The lowest BCUT2D eigenvalue weighted by Crippen LogP contribution is -2.34. The number of hydrogen-bond donors (Lipinski definition) is 4. The number of phosphoric acid groups is 1. The van der Waals surface area contributed by atoms with Gasteiger partial charge in [-0.05, 0) is 32.1 Å². The third-order valence-electron chi connectivity index (χ3n) is 9.31. The maximum Gasteiger partial charge on any atom is 0.472 e. The second kappa shape index (κ2) is 37.5. The number of carbonyl (C=O) groups excluding carboxylic acids is 2. The molecule has 0 fully saturated rings. The SMILES string of the molecule is CCCCCCCCCCCCCCCCCC(=O)OCC(COP(=O)(O)OCC(N)C(=O)O)OC(=O)CCCCCCC/C=C\C=C\C(O)CCCCC. The molecule has 4 atom stereocenters. The highest BCUT2D eigenvalue weighted by molar-refractivity contribution is 7.47. The summed E-state index contributed by atoms with van der Waals surface area (Å²) < 4.78 is 32.6. The van der Waals surface area contributed by atoms with Crippen molar-refractivity contribution in [3.63, 3.8) is 0 Å². The average Bonchev–Trinajstić information content (AvgIpc) is 3.15. The van der Waals surface area contributed by atoms with E-state index in [2.05, 4.69) is 24.4 Å². The van der Waals surface area contributed by atoms with Crippen LogP contribution in [-0.2, 0) is 37.5 Å². The quantitative estimate of drug-likeness (QED) is 0.0199. The van der Waals surface area contributed by atoms with E-state index < -0.39 is 57.2 Å². The summed E-state index contributed by atoms with van der Waals surface area (Å²) in [7, 11) is -4.73. The van der Waals surface area contributed by atoms with E-state index in [1.54, 1.807) is 0 Å². The minimum Gasteiger partial charge on any atom is -0.480 e. The Hall–Kier alpha value is -2.08. The second-order valence-electron chi connectivity index (χ2n) is 14.7. The molecule has 0 aromatic rings. The van der Waals surface area contributed by atoms with E-state index in [0.717, 1.165) is 77.0 Å². The first kappa shape index (κ1) is 52.9. The van der Waals surface area contributed by atoms with Crippen molar-refractivity contribution >= 4 is 25.7 Å². The molecule has 0 spiro atoms. The second-order valence-corrected chi connectivity index (χ2v) is 16.1. The molecule has 0 heterocycles. The van der Waals surface area contributed by atoms with Crippen LogP contribution in [-0.4, -0.2) is 71.1 Å². The van der Waals surface area contributed by atoms with Crippen LogP contribution in [0.25, 0.3) is 0 Å². The third-order valence-corrected chi connectivity index (χ3v) is 10.3. The molecule has 0 bridgehead atoms. The molecule has 13 heteroatoms. The van der Waals surface area contributed by atoms with E-state index in [0.29, 0.717) is 12.8 Å². The predicted molar refractivity (Wildman–Crippen MR) is 218 cm³/mol. The highest BCUT2D eigenvalue weighted by atomic mass is 31.2. The topological polar surface area (TPSA) is 192 Å². The van der Waals surface area contributed by atoms with E-state index in [-0.39, 0.29) is 19.4 Å². The Morgan fingerprint density at radius 2 is 1.11 bits per heavy atom. The molecule has 5 N–H and O–H groups in total. The molecule has 0 aromatic carbocycles. The highest BCUT2D eigenvalue weighted by Gasteiger charge is 2.28. The number of aliphatic hydroxyl groups is 1. The lowest BCUT2D eigenvalue weighted by molar-refractivity contribution is -0.161. The summed E-state index contributed by atoms with van der Waals surface area (Å²) in [6.07, 6.45) is 34.2. The minimum atomic E-state index is -4.73. The number of esters is 2. The number of phosphoric ester groups is 1. The lowest BCUT2D eigenvalue weighted by Gasteiger charge is -2.20. The van der Waals surface area contributed by atoms with E-state index in [4.69, 9.17) is 24.8 Å². The first-order valence-electron chi connectivity index (χ1n) is 21.5. The number of unbranched alkanes of at least 4 members (excludes halogenated alkanes) is 21. The molecule has 0 radical (unpaired) electrons. The van der Waals surface area contributed by atoms with Crippen molar-refractivity contribution in [1.29, 1.82) is 0 Å². The Labute approximate surface area is 333 Å². The van der Waals surface area contributed by atoms with Gasteiger partial charge in [-0.2, -0.15) is 0 Å². The van der Waals surface area contributed by atoms with Crippen molar-refractivity contribution in [2.45, 2.75) is 205 Å². The fourth-order valence-electron chi connectivity index (χ4n) is 5.85. The Morgan fingerprint density at radius 1 is 0.636 bits per heavy atom. The van der Waals surface area contributed by atoms with E-state index in [1.165, 1.54) is 70.6 Å². The van der Waals surface area contributed by atoms with Gasteiger partial charge in [0, 0.05) is 12.8 Å². The molecule has 12 nitrogen and oxygen atoms in total. The Kier molecular flexibility index (Phi) is 36.1. The number of carboxylic acid groups (broad SMARTS) is 1. The van der Waals surface area contributed by atoms with Crippen molar-refractivity contribution in [2.24, 2.45) is 5.73 Å². The molecule has 55 heavy (non-hydrogen) atoms. The maximum absolute atomic E-state index is 12.6. The lowest BCUT2D eigenvalue weighted by atomic mass is 10.0. The van der Waals surface area contributed by atoms with Crippen LogP contribution in [0.2, 0.25) is 0 Å². The summed E-state index contributed by atoms with van der Waals surface area (Å²) in [5.74, 6) is -2.43. The number of carbonyl (C=O) groups is 3. The molecular formula is C42H78NO11P. The summed E-state index contributed by atoms with van der Waals surface area (Å²) in [5.41, 5.74) is 5.32. The van der Waals surface area contributed by atoms with Gasteiger partial charge in [0.15, 0.2) is 6.10 Å². The minimum absolute atomic E-state index is 0.121. The van der Waals surface area contributed by atoms with E-state index in [9.17, 15) is 28.9 Å². The van der Waals surface area contributed by atoms with Crippen LogP contribution in [0.5, 0.6) is 0 Å². The van der Waals surface area contributed by atoms with Gasteiger partial charge in [0.05, 0.1) is 19.3 Å². The molecule has 0 aliphatic heterocycles. The van der Waals surface area contributed by atoms with Crippen LogP contribution < -0.4 is 5.73 Å². The fourth-order valence-corrected chi connectivity index (χ4v) is 6.63. The van der Waals surface area contributed by atoms with Gasteiger partial charge in [0.2, 0.25) is 0 Å². The van der Waals surface area contributed by atoms with Crippen LogP contribution in [0.1, 0.15) is 187 Å². The van der Waals surface area contributed by atoms with Crippen molar-refractivity contribution in [3.8, 4) is 0 Å². The molecule has 4 unspecified atom stereocenters. The van der Waals surface area contributed by atoms with Gasteiger partial charge >= 0.3 is 25.7 Å². The summed E-state index contributed by atoms with van der Waals surface area (Å²) in [4.78, 5) is 45.9. The van der Waals surface area contributed by atoms with Gasteiger partial charge < -0.3 is 30.3 Å². The zero-order chi connectivity index (χ0) is 40.8. The van der Waals surface area contributed by atoms with Crippen molar-refractivity contribution < 1.29 is 52.6 Å². The van der Waals surface area contributed by atoms with E-state index >= 15 is 0 Å². The van der Waals surface area contributed by atoms with Gasteiger partial charge in [0.1, 0.15) is 12.6 Å². The summed E-state index contributed by atoms with van der Waals surface area (Å²) in [6.45, 7) is 2.66. The predicted octanol–water partition coefficient (Wildman–Crippen LogP) is 10.0. The van der Waals surface area contributed by atoms with Crippen LogP contribution >= 0.6 is 7.82 Å². The molecule has 0 rings (SSSR count). The van der Waals surface area contributed by atoms with Gasteiger partial charge in [-0.1, -0.05) is 167 Å². The molecule has 0 saturated carbocycles. The number of carboxylic acids is 1. The number of allylic oxidation sites excluding steroid dienone is 3. The number of aliphatic carboxylic acids is 1. The molecular weight excluding hydrogens is 725 g/mol. The van der Waals surface area contributed by atoms with Crippen molar-refractivity contribution in [3.05, 3.63) is 24.3 Å². The molecule has 322 valence electrons. The number of aliphatic hydroxyl groups excluding tert-OH is 1. The standard InChI is InChI=1S/C42H78NO11P/c1-3-5-7-8-9-10-11-12-13-14-15-18-21-24-28-32-40(45)51-34-38(35-52-55(49,50)53-36-39(43)42(47)48)54-41(46)33-29-25-22-19-16-17-20-23-27-31-37(44)30-26-6-4-2/h20,23,27,31,37-39,44H,3-19,21-22,24-26,28-30,32-36,43H2,1-2H3,(H,47,48)(H,49,50)/b23-20-,31-27+. The molecule has 0 aromatic heterocycles. The Bertz CT molecular complexity index is 1050. The Balaban J connectivity index is 4.42. The average molecular weight is 804 g/mol. The number of ether oxygens (including phenoxy) is 2. The molecule has 0 amide bonds. The third kappa shape index (κ3) is 37.3. The Morgan fingerprint density at radius 3 is 1.65 bits per heavy atom. The smallest absolute Gasteiger partial charge is 0.472 e. The fraction of sp³-hybridized carbons (Fsp3) is 0.833. The van der Waals surface area contributed by atoms with Gasteiger partial charge in [-0.15, -0.1) is 0 Å². The maximum atomic E-state index is 12.6. The molecule has 0 aliphatic carbocycles. The normalized spacial score (nSPS) is 14.6. The number of rotatable bonds is 40. The highest BCUT2D eigenvalue weighted by Crippen LogP contribution is 2.43. The first-order chi connectivity index (χ1) is 26.5. The zero-order valence-electron chi connectivity index (χ0n) is 34.4. The number of nitrogens with two attached hydrogens (primary N) is 1. The van der Waals surface area contributed by atoms with Gasteiger partial charge in [-0.3, -0.25) is 23.4 Å².